The van der Waals surface area contributed by atoms with Crippen molar-refractivity contribution >= 4 is 16.6 Å². The second kappa shape index (κ2) is 4.23. The van der Waals surface area contributed by atoms with Gasteiger partial charge in [-0.25, -0.2) is 4.21 Å². The van der Waals surface area contributed by atoms with E-state index in [9.17, 15) is 9.00 Å². The molecule has 0 aliphatic rings. The van der Waals surface area contributed by atoms with E-state index in [2.05, 4.69) is 5.10 Å². The van der Waals surface area contributed by atoms with Crippen LogP contribution < -0.4 is 5.56 Å². The lowest BCUT2D eigenvalue weighted by molar-refractivity contribution is 0.701. The molecule has 0 amide bonds. The Morgan fingerprint density at radius 1 is 1.62 bits per heavy atom. The first-order chi connectivity index (χ1) is 6.20. The zero-order chi connectivity index (χ0) is 9.84. The van der Waals surface area contributed by atoms with E-state index in [4.69, 9.17) is 0 Å². The molecule has 1 heterocycles. The third-order valence-corrected chi connectivity index (χ3v) is 2.16. The highest BCUT2D eigenvalue weighted by atomic mass is 32.1. The van der Waals surface area contributed by atoms with Crippen molar-refractivity contribution in [2.24, 2.45) is 7.05 Å². The van der Waals surface area contributed by atoms with Crippen LogP contribution in [0.3, 0.4) is 0 Å². The molecule has 1 aromatic rings. The van der Waals surface area contributed by atoms with Gasteiger partial charge in [0.15, 0.2) is 0 Å². The van der Waals surface area contributed by atoms with Crippen molar-refractivity contribution in [1.82, 2.24) is 9.78 Å². The molecule has 5 heteroatoms. The average molecular weight is 200 g/mol. The predicted molar refractivity (Wildman–Crippen MR) is 53.3 cm³/mol. The molecular weight excluding hydrogens is 188 g/mol. The number of rotatable bonds is 3. The highest BCUT2D eigenvalue weighted by Crippen LogP contribution is 2.00. The molecule has 1 N–H and O–H groups in total. The summed E-state index contributed by atoms with van der Waals surface area (Å²) in [4.78, 5) is 11.4. The quantitative estimate of drug-likeness (QED) is 0.700. The molecule has 0 aliphatic heterocycles. The Labute approximate surface area is 79.6 Å². The largest absolute Gasteiger partial charge is 0.299 e. The van der Waals surface area contributed by atoms with Crippen molar-refractivity contribution in [2.75, 3.05) is 0 Å². The van der Waals surface area contributed by atoms with Crippen LogP contribution >= 0.6 is 0 Å². The second-order valence-corrected chi connectivity index (χ2v) is 3.26. The van der Waals surface area contributed by atoms with E-state index < -0.39 is 0 Å². The maximum absolute atomic E-state index is 11.4. The first-order valence-electron chi connectivity index (χ1n) is 4.10. The normalized spacial score (nSPS) is 10.0. The average Bonchev–Trinajstić information content (AvgIpc) is 2.34. The van der Waals surface area contributed by atoms with Crippen molar-refractivity contribution in [1.29, 1.82) is 0 Å². The Bertz CT molecular complexity index is 399. The number of hydrogen-bond acceptors (Lipinski definition) is 2. The van der Waals surface area contributed by atoms with Crippen molar-refractivity contribution in [3.63, 3.8) is 0 Å². The van der Waals surface area contributed by atoms with Crippen LogP contribution in [0.5, 0.6) is 0 Å². The molecule has 0 spiro atoms. The standard InChI is InChI=1S/C8H12N2O2S/c1-3-4-7-6(5-13-12)8(11)10(2)9-7/h5,9H,3-4H2,1-2H3. The van der Waals surface area contributed by atoms with Gasteiger partial charge in [0.1, 0.15) is 0 Å². The van der Waals surface area contributed by atoms with Crippen LogP contribution in [0.4, 0.5) is 0 Å². The molecule has 0 aromatic carbocycles. The maximum atomic E-state index is 11.4. The molecule has 0 radical (unpaired) electrons. The molecule has 4 nitrogen and oxygen atoms in total. The lowest BCUT2D eigenvalue weighted by Crippen LogP contribution is -2.14. The van der Waals surface area contributed by atoms with E-state index >= 15 is 0 Å². The highest BCUT2D eigenvalue weighted by molar-refractivity contribution is 7.65. The van der Waals surface area contributed by atoms with E-state index in [0.717, 1.165) is 18.5 Å². The summed E-state index contributed by atoms with van der Waals surface area (Å²) in [6.45, 7) is 2.03. The lowest BCUT2D eigenvalue weighted by atomic mass is 10.2. The summed E-state index contributed by atoms with van der Waals surface area (Å²) in [5, 5.41) is 4.27. The number of hydrogen-bond donors (Lipinski definition) is 1. The molecule has 0 atom stereocenters. The number of aromatic nitrogens is 2. The minimum Gasteiger partial charge on any atom is -0.299 e. The third kappa shape index (κ3) is 1.98. The molecule has 1 aromatic heterocycles. The fraction of sp³-hybridized carbons (Fsp3) is 0.500. The Morgan fingerprint density at radius 2 is 2.31 bits per heavy atom. The number of nitrogens with zero attached hydrogens (tertiary/aromatic N) is 1. The van der Waals surface area contributed by atoms with Crippen LogP contribution in [-0.2, 0) is 24.7 Å². The van der Waals surface area contributed by atoms with Gasteiger partial charge in [0.2, 0.25) is 0 Å². The van der Waals surface area contributed by atoms with Gasteiger partial charge >= 0.3 is 0 Å². The summed E-state index contributed by atoms with van der Waals surface area (Å²) in [7, 11) is 1.65. The molecule has 13 heavy (non-hydrogen) atoms. The summed E-state index contributed by atoms with van der Waals surface area (Å²) in [5.74, 6) is 0. The van der Waals surface area contributed by atoms with Gasteiger partial charge in [-0.1, -0.05) is 13.3 Å². The van der Waals surface area contributed by atoms with Gasteiger partial charge in [-0.3, -0.25) is 14.6 Å². The first-order valence-corrected chi connectivity index (χ1v) is 4.90. The van der Waals surface area contributed by atoms with Gasteiger partial charge in [0, 0.05) is 18.1 Å². The molecule has 0 fully saturated rings. The minimum absolute atomic E-state index is 0.133. The van der Waals surface area contributed by atoms with Gasteiger partial charge in [0.05, 0.1) is 16.8 Å². The van der Waals surface area contributed by atoms with Gasteiger partial charge in [-0.15, -0.1) is 0 Å². The predicted octanol–water partition coefficient (Wildman–Crippen LogP) is 0.0292. The maximum Gasteiger partial charge on any atom is 0.274 e. The van der Waals surface area contributed by atoms with Crippen molar-refractivity contribution in [3.05, 3.63) is 21.6 Å². The molecule has 1 rings (SSSR count). The van der Waals surface area contributed by atoms with E-state index in [0.29, 0.717) is 16.8 Å². The smallest absolute Gasteiger partial charge is 0.274 e. The summed E-state index contributed by atoms with van der Waals surface area (Å²) < 4.78 is 11.7. The summed E-state index contributed by atoms with van der Waals surface area (Å²) >= 11 is 0.314. The number of aryl methyl sites for hydroxylation is 2. The van der Waals surface area contributed by atoms with Gasteiger partial charge in [-0.05, 0) is 6.42 Å². The number of nitrogens with one attached hydrogen (secondary N) is 1. The summed E-state index contributed by atoms with van der Waals surface area (Å²) in [6, 6.07) is 0. The van der Waals surface area contributed by atoms with Crippen LogP contribution in [0, 0.1) is 0 Å². The van der Waals surface area contributed by atoms with E-state index in [1.54, 1.807) is 7.05 Å². The van der Waals surface area contributed by atoms with Crippen LogP contribution in [-0.4, -0.2) is 19.4 Å². The molecule has 0 saturated heterocycles. The van der Waals surface area contributed by atoms with E-state index in [1.807, 2.05) is 6.92 Å². The Morgan fingerprint density at radius 3 is 2.85 bits per heavy atom. The Balaban J connectivity index is 3.26. The molecule has 0 saturated carbocycles. The molecule has 72 valence electrons. The highest BCUT2D eigenvalue weighted by Gasteiger charge is 2.08. The van der Waals surface area contributed by atoms with Gasteiger partial charge < -0.3 is 0 Å². The van der Waals surface area contributed by atoms with Gasteiger partial charge in [-0.2, -0.15) is 0 Å². The Hall–Kier alpha value is -1.10. The van der Waals surface area contributed by atoms with Crippen LogP contribution in [0.25, 0.3) is 0 Å². The van der Waals surface area contributed by atoms with Crippen molar-refractivity contribution in [2.45, 2.75) is 19.8 Å². The van der Waals surface area contributed by atoms with Crippen LogP contribution in [0.1, 0.15) is 24.6 Å². The molecular formula is C8H12N2O2S. The fourth-order valence-electron chi connectivity index (χ4n) is 1.23. The summed E-state index contributed by atoms with van der Waals surface area (Å²) in [6.07, 6.45) is 1.74. The van der Waals surface area contributed by atoms with E-state index in [-0.39, 0.29) is 5.56 Å². The summed E-state index contributed by atoms with van der Waals surface area (Å²) in [5.41, 5.74) is 1.22. The second-order valence-electron chi connectivity index (χ2n) is 2.83. The Kier molecular flexibility index (Phi) is 3.25. The van der Waals surface area contributed by atoms with Crippen LogP contribution in [0.15, 0.2) is 4.79 Å². The first kappa shape index (κ1) is 9.98. The van der Waals surface area contributed by atoms with Crippen molar-refractivity contribution in [3.8, 4) is 0 Å². The number of aromatic amines is 1. The van der Waals surface area contributed by atoms with E-state index in [1.165, 1.54) is 10.0 Å². The van der Waals surface area contributed by atoms with Crippen LogP contribution in [0.2, 0.25) is 0 Å². The SMILES string of the molecule is CCCc1[nH]n(C)c(=O)c1C=S=O. The fourth-order valence-corrected chi connectivity index (χ4v) is 1.57. The molecule has 0 unspecified atom stereocenters. The minimum atomic E-state index is -0.133. The molecule has 0 bridgehead atoms. The monoisotopic (exact) mass is 200 g/mol. The zero-order valence-corrected chi connectivity index (χ0v) is 8.48. The van der Waals surface area contributed by atoms with Gasteiger partial charge in [0.25, 0.3) is 5.56 Å². The third-order valence-electron chi connectivity index (χ3n) is 1.83. The lowest BCUT2D eigenvalue weighted by Gasteiger charge is -1.92. The van der Waals surface area contributed by atoms with Crippen molar-refractivity contribution < 1.29 is 4.21 Å². The topological polar surface area (TPSA) is 54.9 Å². The zero-order valence-electron chi connectivity index (χ0n) is 7.66. The molecule has 0 aliphatic carbocycles. The number of H-pyrrole nitrogens is 1.